The lowest BCUT2D eigenvalue weighted by Crippen LogP contribution is -2.45. The van der Waals surface area contributed by atoms with Crippen molar-refractivity contribution in [3.8, 4) is 0 Å². The van der Waals surface area contributed by atoms with Crippen molar-refractivity contribution in [2.45, 2.75) is 51.7 Å². The highest BCUT2D eigenvalue weighted by Gasteiger charge is 2.35. The van der Waals surface area contributed by atoms with Crippen molar-refractivity contribution in [2.24, 2.45) is 11.1 Å². The van der Waals surface area contributed by atoms with Crippen molar-refractivity contribution in [2.75, 3.05) is 19.6 Å². The summed E-state index contributed by atoms with van der Waals surface area (Å²) in [5.41, 5.74) is 5.53. The fraction of sp³-hybridized carbons (Fsp3) is 1.00. The van der Waals surface area contributed by atoms with E-state index in [4.69, 9.17) is 5.73 Å². The smallest absolute Gasteiger partial charge is 0.216 e. The number of hydrogen-bond donors (Lipinski definition) is 1. The van der Waals surface area contributed by atoms with Gasteiger partial charge in [-0.1, -0.05) is 33.6 Å². The van der Waals surface area contributed by atoms with E-state index in [2.05, 4.69) is 0 Å². The van der Waals surface area contributed by atoms with Crippen LogP contribution < -0.4 is 5.73 Å². The number of hydrogen-bond acceptors (Lipinski definition) is 3. The summed E-state index contributed by atoms with van der Waals surface area (Å²) in [7, 11) is -3.12. The summed E-state index contributed by atoms with van der Waals surface area (Å²) in [6.07, 6.45) is 3.73. The maximum absolute atomic E-state index is 12.4. The van der Waals surface area contributed by atoms with Crippen LogP contribution in [0, 0.1) is 5.41 Å². The Morgan fingerprint density at radius 3 is 2.24 bits per heavy atom. The van der Waals surface area contributed by atoms with Crippen LogP contribution in [0.3, 0.4) is 0 Å². The van der Waals surface area contributed by atoms with Gasteiger partial charge in [0.1, 0.15) is 0 Å². The van der Waals surface area contributed by atoms with Crippen molar-refractivity contribution in [3.05, 3.63) is 0 Å². The van der Waals surface area contributed by atoms with Gasteiger partial charge >= 0.3 is 0 Å². The molecule has 1 aliphatic carbocycles. The zero-order chi connectivity index (χ0) is 13.1. The van der Waals surface area contributed by atoms with Gasteiger partial charge in [0.2, 0.25) is 10.0 Å². The first kappa shape index (κ1) is 14.9. The second-order valence-electron chi connectivity index (χ2n) is 5.75. The van der Waals surface area contributed by atoms with Gasteiger partial charge in [0, 0.05) is 13.1 Å². The second kappa shape index (κ2) is 5.67. The minimum Gasteiger partial charge on any atom is -0.330 e. The SMILES string of the molecule is CCN(CC(C)(C)CN)S(=O)(=O)C1CCCC1. The second-order valence-corrected chi connectivity index (χ2v) is 7.96. The molecule has 0 aromatic rings. The van der Waals surface area contributed by atoms with Crippen molar-refractivity contribution in [1.82, 2.24) is 4.31 Å². The Hall–Kier alpha value is -0.130. The highest BCUT2D eigenvalue weighted by atomic mass is 32.2. The van der Waals surface area contributed by atoms with Gasteiger partial charge in [0.15, 0.2) is 0 Å². The quantitative estimate of drug-likeness (QED) is 0.790. The predicted molar refractivity (Wildman–Crippen MR) is 71.3 cm³/mol. The van der Waals surface area contributed by atoms with E-state index in [1.807, 2.05) is 20.8 Å². The third-order valence-corrected chi connectivity index (χ3v) is 6.01. The lowest BCUT2D eigenvalue weighted by Gasteiger charge is -2.32. The molecule has 0 saturated heterocycles. The monoisotopic (exact) mass is 262 g/mol. The molecule has 17 heavy (non-hydrogen) atoms. The molecule has 0 aromatic carbocycles. The molecule has 0 radical (unpaired) electrons. The molecule has 0 aromatic heterocycles. The van der Waals surface area contributed by atoms with Crippen LogP contribution >= 0.6 is 0 Å². The van der Waals surface area contributed by atoms with Crippen LogP contribution in [0.2, 0.25) is 0 Å². The molecule has 1 rings (SSSR count). The summed E-state index contributed by atoms with van der Waals surface area (Å²) in [4.78, 5) is 0. The molecule has 5 heteroatoms. The van der Waals surface area contributed by atoms with Crippen LogP contribution in [-0.4, -0.2) is 37.6 Å². The Balaban J connectivity index is 2.79. The van der Waals surface area contributed by atoms with E-state index in [-0.39, 0.29) is 10.7 Å². The molecule has 0 heterocycles. The average Bonchev–Trinajstić information content (AvgIpc) is 2.79. The fourth-order valence-corrected chi connectivity index (χ4v) is 4.56. The van der Waals surface area contributed by atoms with Crippen LogP contribution in [0.5, 0.6) is 0 Å². The molecule has 0 unspecified atom stereocenters. The molecular formula is C12H26N2O2S. The van der Waals surface area contributed by atoms with Gasteiger partial charge in [-0.3, -0.25) is 0 Å². The van der Waals surface area contributed by atoms with E-state index in [9.17, 15) is 8.42 Å². The molecule has 0 atom stereocenters. The van der Waals surface area contributed by atoms with E-state index >= 15 is 0 Å². The van der Waals surface area contributed by atoms with E-state index in [1.54, 1.807) is 4.31 Å². The normalized spacial score (nSPS) is 19.1. The first-order valence-corrected chi connectivity index (χ1v) is 8.03. The Morgan fingerprint density at radius 2 is 1.82 bits per heavy atom. The summed E-state index contributed by atoms with van der Waals surface area (Å²) >= 11 is 0. The number of nitrogens with zero attached hydrogens (tertiary/aromatic N) is 1. The zero-order valence-corrected chi connectivity index (χ0v) is 12.1. The maximum Gasteiger partial charge on any atom is 0.216 e. The summed E-state index contributed by atoms with van der Waals surface area (Å²) in [6, 6.07) is 0. The van der Waals surface area contributed by atoms with Gasteiger partial charge in [-0.15, -0.1) is 0 Å². The zero-order valence-electron chi connectivity index (χ0n) is 11.3. The summed E-state index contributed by atoms with van der Waals surface area (Å²) in [5.74, 6) is 0. The van der Waals surface area contributed by atoms with Crippen molar-refractivity contribution < 1.29 is 8.42 Å². The Kier molecular flexibility index (Phi) is 4.98. The van der Waals surface area contributed by atoms with Crippen LogP contribution in [0.1, 0.15) is 46.5 Å². The third kappa shape index (κ3) is 3.66. The molecule has 0 amide bonds. The van der Waals surface area contributed by atoms with Gasteiger partial charge in [0.25, 0.3) is 0 Å². The molecular weight excluding hydrogens is 236 g/mol. The standard InChI is InChI=1S/C12H26N2O2S/c1-4-14(10-12(2,3)9-13)17(15,16)11-7-5-6-8-11/h11H,4-10,13H2,1-3H3. The highest BCUT2D eigenvalue weighted by Crippen LogP contribution is 2.28. The number of sulfonamides is 1. The summed E-state index contributed by atoms with van der Waals surface area (Å²) in [5, 5.41) is -0.156. The Morgan fingerprint density at radius 1 is 1.29 bits per heavy atom. The number of rotatable bonds is 6. The minimum atomic E-state index is -3.12. The van der Waals surface area contributed by atoms with Crippen LogP contribution in [0.15, 0.2) is 0 Å². The Labute approximate surface area is 106 Å². The molecule has 102 valence electrons. The van der Waals surface area contributed by atoms with E-state index in [1.165, 1.54) is 0 Å². The largest absolute Gasteiger partial charge is 0.330 e. The molecule has 2 N–H and O–H groups in total. The van der Waals surface area contributed by atoms with Gasteiger partial charge in [-0.25, -0.2) is 12.7 Å². The van der Waals surface area contributed by atoms with Crippen LogP contribution in [0.25, 0.3) is 0 Å². The first-order chi connectivity index (χ1) is 7.83. The topological polar surface area (TPSA) is 63.4 Å². The minimum absolute atomic E-state index is 0.151. The summed E-state index contributed by atoms with van der Waals surface area (Å²) < 4.78 is 26.5. The van der Waals surface area contributed by atoms with Crippen molar-refractivity contribution in [1.29, 1.82) is 0 Å². The maximum atomic E-state index is 12.4. The molecule has 4 nitrogen and oxygen atoms in total. The fourth-order valence-electron chi connectivity index (χ4n) is 2.32. The van der Waals surface area contributed by atoms with Gasteiger partial charge < -0.3 is 5.73 Å². The van der Waals surface area contributed by atoms with Crippen molar-refractivity contribution in [3.63, 3.8) is 0 Å². The van der Waals surface area contributed by atoms with Gasteiger partial charge in [-0.05, 0) is 24.8 Å². The van der Waals surface area contributed by atoms with Crippen molar-refractivity contribution >= 4 is 10.0 Å². The van der Waals surface area contributed by atoms with Crippen LogP contribution in [-0.2, 0) is 10.0 Å². The van der Waals surface area contributed by atoms with E-state index in [0.29, 0.717) is 19.6 Å². The summed E-state index contributed by atoms with van der Waals surface area (Å²) in [6.45, 7) is 7.50. The van der Waals surface area contributed by atoms with E-state index < -0.39 is 10.0 Å². The molecule has 1 fully saturated rings. The Bertz CT molecular complexity index is 332. The molecule has 0 aliphatic heterocycles. The number of nitrogens with two attached hydrogens (primary N) is 1. The lowest BCUT2D eigenvalue weighted by molar-refractivity contribution is 0.271. The van der Waals surface area contributed by atoms with Gasteiger partial charge in [0.05, 0.1) is 5.25 Å². The first-order valence-electron chi connectivity index (χ1n) is 6.52. The van der Waals surface area contributed by atoms with Gasteiger partial charge in [-0.2, -0.15) is 0 Å². The third-order valence-electron chi connectivity index (χ3n) is 3.59. The van der Waals surface area contributed by atoms with Crippen LogP contribution in [0.4, 0.5) is 0 Å². The lowest BCUT2D eigenvalue weighted by atomic mass is 9.94. The molecule has 1 aliphatic rings. The molecule has 0 bridgehead atoms. The molecule has 0 spiro atoms. The highest BCUT2D eigenvalue weighted by molar-refractivity contribution is 7.89. The average molecular weight is 262 g/mol. The molecule has 1 saturated carbocycles. The predicted octanol–water partition coefficient (Wildman–Crippen LogP) is 1.57. The van der Waals surface area contributed by atoms with E-state index in [0.717, 1.165) is 25.7 Å².